The van der Waals surface area contributed by atoms with Crippen LogP contribution in [0.5, 0.6) is 5.75 Å². The van der Waals surface area contributed by atoms with Crippen LogP contribution in [0.1, 0.15) is 41.6 Å². The highest BCUT2D eigenvalue weighted by molar-refractivity contribution is 6.34. The lowest BCUT2D eigenvalue weighted by Crippen LogP contribution is -2.39. The molecular weight excluding hydrogens is 474 g/mol. The molecule has 0 saturated heterocycles. The summed E-state index contributed by atoms with van der Waals surface area (Å²) < 4.78 is 82.7. The quantitative estimate of drug-likeness (QED) is 0.279. The number of carbonyl (C=O) groups is 1. The zero-order valence-corrected chi connectivity index (χ0v) is 18.2. The number of hydrogen-bond acceptors (Lipinski definition) is 3. The second-order valence-electron chi connectivity index (χ2n) is 7.90. The summed E-state index contributed by atoms with van der Waals surface area (Å²) in [4.78, 5) is 12.5. The van der Waals surface area contributed by atoms with Gasteiger partial charge in [0, 0.05) is 29.9 Å². The zero-order chi connectivity index (χ0) is 24.3. The Kier molecular flexibility index (Phi) is 7.66. The molecule has 0 aromatic heterocycles. The molecule has 0 bridgehead atoms. The number of hydrogen-bond donors (Lipinski definition) is 2. The van der Waals surface area contributed by atoms with Crippen molar-refractivity contribution < 1.29 is 35.9 Å². The van der Waals surface area contributed by atoms with Gasteiger partial charge in [0.2, 0.25) is 0 Å². The number of halogens is 7. The second-order valence-corrected chi connectivity index (χ2v) is 8.28. The van der Waals surface area contributed by atoms with Crippen LogP contribution in [0, 0.1) is 30.3 Å². The fraction of sp³-hybridized carbons (Fsp3) is 0.409. The minimum absolute atomic E-state index is 0.191. The number of anilines is 1. The van der Waals surface area contributed by atoms with Crippen molar-refractivity contribution in [1.82, 2.24) is 5.32 Å². The van der Waals surface area contributed by atoms with E-state index in [1.54, 1.807) is 6.07 Å². The second kappa shape index (κ2) is 10.1. The van der Waals surface area contributed by atoms with E-state index in [-0.39, 0.29) is 17.7 Å². The van der Waals surface area contributed by atoms with Crippen LogP contribution in [0.4, 0.5) is 32.0 Å². The molecule has 0 aliphatic heterocycles. The maximum absolute atomic E-state index is 14.3. The van der Waals surface area contributed by atoms with Gasteiger partial charge in [-0.2, -0.15) is 0 Å². The van der Waals surface area contributed by atoms with Crippen molar-refractivity contribution in [2.24, 2.45) is 5.92 Å². The summed E-state index contributed by atoms with van der Waals surface area (Å²) in [7, 11) is 0. The fourth-order valence-corrected chi connectivity index (χ4v) is 4.04. The van der Waals surface area contributed by atoms with Gasteiger partial charge in [-0.05, 0) is 50.7 Å². The van der Waals surface area contributed by atoms with E-state index >= 15 is 0 Å². The number of rotatable bonds is 6. The highest BCUT2D eigenvalue weighted by atomic mass is 35.5. The molecule has 1 aliphatic rings. The van der Waals surface area contributed by atoms with Gasteiger partial charge in [0.05, 0.1) is 10.6 Å². The Morgan fingerprint density at radius 2 is 1.76 bits per heavy atom. The number of alkyl halides is 3. The van der Waals surface area contributed by atoms with Gasteiger partial charge in [-0.3, -0.25) is 4.79 Å². The van der Waals surface area contributed by atoms with E-state index in [0.717, 1.165) is 6.92 Å². The van der Waals surface area contributed by atoms with E-state index < -0.39 is 45.9 Å². The van der Waals surface area contributed by atoms with Crippen LogP contribution in [-0.4, -0.2) is 24.9 Å². The molecule has 0 radical (unpaired) electrons. The molecule has 2 N–H and O–H groups in total. The monoisotopic (exact) mass is 494 g/mol. The van der Waals surface area contributed by atoms with Crippen molar-refractivity contribution in [2.45, 2.75) is 45.0 Å². The minimum Gasteiger partial charge on any atom is -0.406 e. The molecule has 180 valence electrons. The summed E-state index contributed by atoms with van der Waals surface area (Å²) in [6.45, 7) is 1.52. The molecule has 1 fully saturated rings. The van der Waals surface area contributed by atoms with Gasteiger partial charge >= 0.3 is 6.36 Å². The average Bonchev–Trinajstić information content (AvgIpc) is 2.75. The van der Waals surface area contributed by atoms with Crippen LogP contribution >= 0.6 is 11.6 Å². The van der Waals surface area contributed by atoms with Crippen molar-refractivity contribution in [1.29, 1.82) is 0 Å². The van der Waals surface area contributed by atoms with Crippen molar-refractivity contribution in [3.63, 3.8) is 0 Å². The van der Waals surface area contributed by atoms with Crippen molar-refractivity contribution in [2.75, 3.05) is 11.9 Å². The number of ether oxygens (including phenoxy) is 1. The molecule has 0 spiro atoms. The van der Waals surface area contributed by atoms with Gasteiger partial charge in [0.25, 0.3) is 5.91 Å². The van der Waals surface area contributed by atoms with Crippen molar-refractivity contribution in [3.05, 3.63) is 57.9 Å². The largest absolute Gasteiger partial charge is 0.573 e. The van der Waals surface area contributed by atoms with E-state index in [1.165, 1.54) is 18.2 Å². The number of amides is 1. The molecular formula is C22H21ClF6N2O2. The van der Waals surface area contributed by atoms with Crippen LogP contribution in [0.3, 0.4) is 0 Å². The van der Waals surface area contributed by atoms with Crippen LogP contribution in [0.25, 0.3) is 0 Å². The normalized spacial score (nSPS) is 18.7. The molecule has 2 aromatic carbocycles. The van der Waals surface area contributed by atoms with Crippen molar-refractivity contribution in [3.8, 4) is 5.75 Å². The summed E-state index contributed by atoms with van der Waals surface area (Å²) in [5, 5.41) is 4.79. The smallest absolute Gasteiger partial charge is 0.406 e. The number of carbonyl (C=O) groups excluding carboxylic acids is 1. The molecule has 1 aliphatic carbocycles. The molecule has 1 saturated carbocycles. The van der Waals surface area contributed by atoms with Gasteiger partial charge in [-0.25, -0.2) is 13.2 Å². The third-order valence-corrected chi connectivity index (χ3v) is 5.91. The van der Waals surface area contributed by atoms with Gasteiger partial charge in [-0.15, -0.1) is 13.2 Å². The molecule has 0 atom stereocenters. The molecule has 4 nitrogen and oxygen atoms in total. The Balaban J connectivity index is 1.52. The first-order valence-corrected chi connectivity index (χ1v) is 10.6. The topological polar surface area (TPSA) is 50.4 Å². The Labute approximate surface area is 191 Å². The maximum atomic E-state index is 14.3. The standard InChI is InChI=1S/C22H21ClF6N2O2/c1-11-18(24)16(17(23)20(26)19(11)25)21(32)31-13-7-5-12(6-8-13)10-30-14-3-2-4-15(9-14)33-22(27,28)29/h2-4,9,12-13,30H,5-8,10H2,1H3,(H,31,32). The minimum atomic E-state index is -4.77. The van der Waals surface area contributed by atoms with Crippen LogP contribution < -0.4 is 15.4 Å². The van der Waals surface area contributed by atoms with Crippen molar-refractivity contribution >= 4 is 23.2 Å². The molecule has 0 heterocycles. The van der Waals surface area contributed by atoms with E-state index in [9.17, 15) is 31.1 Å². The predicted molar refractivity (Wildman–Crippen MR) is 111 cm³/mol. The summed E-state index contributed by atoms with van der Waals surface area (Å²) in [5.41, 5.74) is -0.870. The average molecular weight is 495 g/mol. The zero-order valence-electron chi connectivity index (χ0n) is 17.5. The lowest BCUT2D eigenvalue weighted by atomic mass is 9.85. The van der Waals surface area contributed by atoms with Gasteiger partial charge < -0.3 is 15.4 Å². The third kappa shape index (κ3) is 6.25. The molecule has 1 amide bonds. The van der Waals surface area contributed by atoms with E-state index in [1.807, 2.05) is 0 Å². The number of nitrogens with one attached hydrogen (secondary N) is 2. The summed E-state index contributed by atoms with van der Waals surface area (Å²) in [6.07, 6.45) is -2.30. The first-order valence-electron chi connectivity index (χ1n) is 10.2. The molecule has 11 heteroatoms. The lowest BCUT2D eigenvalue weighted by molar-refractivity contribution is -0.274. The Morgan fingerprint density at radius 3 is 2.39 bits per heavy atom. The lowest BCUT2D eigenvalue weighted by Gasteiger charge is -2.29. The van der Waals surface area contributed by atoms with E-state index in [0.29, 0.717) is 37.9 Å². The number of benzene rings is 2. The van der Waals surface area contributed by atoms with E-state index in [2.05, 4.69) is 15.4 Å². The predicted octanol–water partition coefficient (Wildman–Crippen LogP) is 6.37. The summed E-state index contributed by atoms with van der Waals surface area (Å²) >= 11 is 5.66. The van der Waals surface area contributed by atoms with Gasteiger partial charge in [0.15, 0.2) is 11.6 Å². The molecule has 3 rings (SSSR count). The third-order valence-electron chi connectivity index (χ3n) is 5.55. The highest BCUT2D eigenvalue weighted by Gasteiger charge is 2.31. The van der Waals surface area contributed by atoms with Gasteiger partial charge in [-0.1, -0.05) is 17.7 Å². The Morgan fingerprint density at radius 1 is 1.09 bits per heavy atom. The van der Waals surface area contributed by atoms with E-state index in [4.69, 9.17) is 11.6 Å². The van der Waals surface area contributed by atoms with Crippen LogP contribution in [0.2, 0.25) is 5.02 Å². The Hall–Kier alpha value is -2.62. The summed E-state index contributed by atoms with van der Waals surface area (Å²) in [5.74, 6) is -5.15. The first-order chi connectivity index (χ1) is 15.5. The fourth-order valence-electron chi connectivity index (χ4n) is 3.78. The molecule has 2 aromatic rings. The van der Waals surface area contributed by atoms with Crippen LogP contribution in [0.15, 0.2) is 24.3 Å². The summed E-state index contributed by atoms with van der Waals surface area (Å²) in [6, 6.07) is 5.22. The highest BCUT2D eigenvalue weighted by Crippen LogP contribution is 2.30. The SMILES string of the molecule is Cc1c(F)c(F)c(Cl)c(C(=O)NC2CCC(CNc3cccc(OC(F)(F)F)c3)CC2)c1F. The maximum Gasteiger partial charge on any atom is 0.573 e. The molecule has 0 unspecified atom stereocenters. The Bertz CT molecular complexity index is 994. The molecule has 33 heavy (non-hydrogen) atoms. The van der Waals surface area contributed by atoms with Crippen LogP contribution in [-0.2, 0) is 0 Å². The first kappa shape index (κ1) is 25.0. The van der Waals surface area contributed by atoms with Gasteiger partial charge in [0.1, 0.15) is 11.6 Å².